The number of nitrogens with zero attached hydrogens (tertiary/aromatic N) is 1. The number of carboxylic acids is 1. The molecule has 1 rings (SSSR count). The lowest BCUT2D eigenvalue weighted by Crippen LogP contribution is -2.39. The van der Waals surface area contributed by atoms with Crippen molar-refractivity contribution < 1.29 is 24.2 Å². The van der Waals surface area contributed by atoms with Crippen LogP contribution in [-0.2, 0) is 19.1 Å². The SMILES string of the molecule is COCC(=O)N1CCOCC(C(=O)O)C1. The summed E-state index contributed by atoms with van der Waals surface area (Å²) in [5.74, 6) is -1.78. The van der Waals surface area contributed by atoms with Gasteiger partial charge in [0, 0.05) is 20.2 Å². The minimum atomic E-state index is -0.938. The van der Waals surface area contributed by atoms with Gasteiger partial charge in [-0.3, -0.25) is 9.59 Å². The Bertz CT molecular complexity index is 243. The highest BCUT2D eigenvalue weighted by molar-refractivity contribution is 5.78. The smallest absolute Gasteiger partial charge is 0.310 e. The third-order valence-electron chi connectivity index (χ3n) is 2.24. The van der Waals surface area contributed by atoms with Crippen LogP contribution >= 0.6 is 0 Å². The fraction of sp³-hybridized carbons (Fsp3) is 0.778. The fourth-order valence-electron chi connectivity index (χ4n) is 1.40. The molecular formula is C9H15NO5. The molecule has 0 aromatic rings. The molecule has 0 spiro atoms. The second kappa shape index (κ2) is 5.67. The van der Waals surface area contributed by atoms with E-state index in [1.54, 1.807) is 0 Å². The molecule has 86 valence electrons. The van der Waals surface area contributed by atoms with Crippen molar-refractivity contribution in [3.63, 3.8) is 0 Å². The Labute approximate surface area is 87.8 Å². The van der Waals surface area contributed by atoms with Gasteiger partial charge in [0.15, 0.2) is 0 Å². The monoisotopic (exact) mass is 217 g/mol. The molecule has 0 aliphatic carbocycles. The van der Waals surface area contributed by atoms with Crippen LogP contribution in [0.3, 0.4) is 0 Å². The molecule has 1 fully saturated rings. The number of aliphatic carboxylic acids is 1. The number of hydrogen-bond donors (Lipinski definition) is 1. The van der Waals surface area contributed by atoms with E-state index in [4.69, 9.17) is 14.6 Å². The van der Waals surface area contributed by atoms with Crippen LogP contribution in [0.2, 0.25) is 0 Å². The molecule has 1 heterocycles. The molecule has 1 saturated heterocycles. The Morgan fingerprint density at radius 2 is 2.33 bits per heavy atom. The Hall–Kier alpha value is -1.14. The summed E-state index contributed by atoms with van der Waals surface area (Å²) in [6, 6.07) is 0. The first-order valence-corrected chi connectivity index (χ1v) is 4.72. The van der Waals surface area contributed by atoms with Crippen LogP contribution in [0.4, 0.5) is 0 Å². The van der Waals surface area contributed by atoms with Crippen molar-refractivity contribution in [3.8, 4) is 0 Å². The molecule has 1 aliphatic heterocycles. The molecule has 0 radical (unpaired) electrons. The first-order valence-electron chi connectivity index (χ1n) is 4.72. The van der Waals surface area contributed by atoms with Crippen molar-refractivity contribution in [1.82, 2.24) is 4.90 Å². The summed E-state index contributed by atoms with van der Waals surface area (Å²) in [5.41, 5.74) is 0. The van der Waals surface area contributed by atoms with Gasteiger partial charge in [-0.15, -0.1) is 0 Å². The highest BCUT2D eigenvalue weighted by atomic mass is 16.5. The van der Waals surface area contributed by atoms with Crippen molar-refractivity contribution in [3.05, 3.63) is 0 Å². The first kappa shape index (κ1) is 11.9. The average Bonchev–Trinajstić information content (AvgIpc) is 2.43. The Morgan fingerprint density at radius 3 is 2.93 bits per heavy atom. The Morgan fingerprint density at radius 1 is 1.60 bits per heavy atom. The fourth-order valence-corrected chi connectivity index (χ4v) is 1.40. The van der Waals surface area contributed by atoms with E-state index in [-0.39, 0.29) is 25.7 Å². The van der Waals surface area contributed by atoms with Crippen molar-refractivity contribution in [2.45, 2.75) is 0 Å². The molecule has 1 amide bonds. The van der Waals surface area contributed by atoms with E-state index in [0.717, 1.165) is 0 Å². The molecule has 0 aromatic carbocycles. The molecule has 0 aromatic heterocycles. The zero-order chi connectivity index (χ0) is 11.3. The minimum absolute atomic E-state index is 0.0215. The van der Waals surface area contributed by atoms with E-state index in [2.05, 4.69) is 0 Å². The number of carbonyl (C=O) groups excluding carboxylic acids is 1. The lowest BCUT2D eigenvalue weighted by Gasteiger charge is -2.21. The van der Waals surface area contributed by atoms with E-state index in [1.165, 1.54) is 12.0 Å². The summed E-state index contributed by atoms with van der Waals surface area (Å²) in [7, 11) is 1.43. The quantitative estimate of drug-likeness (QED) is 0.669. The number of methoxy groups -OCH3 is 1. The van der Waals surface area contributed by atoms with Gasteiger partial charge in [0.25, 0.3) is 0 Å². The van der Waals surface area contributed by atoms with E-state index >= 15 is 0 Å². The molecule has 6 nitrogen and oxygen atoms in total. The summed E-state index contributed by atoms with van der Waals surface area (Å²) in [5, 5.41) is 8.84. The topological polar surface area (TPSA) is 76.1 Å². The van der Waals surface area contributed by atoms with Gasteiger partial charge in [-0.2, -0.15) is 0 Å². The summed E-state index contributed by atoms with van der Waals surface area (Å²) >= 11 is 0. The summed E-state index contributed by atoms with van der Waals surface area (Å²) in [6.07, 6.45) is 0. The maximum Gasteiger partial charge on any atom is 0.310 e. The van der Waals surface area contributed by atoms with E-state index in [1.807, 2.05) is 0 Å². The van der Waals surface area contributed by atoms with Crippen molar-refractivity contribution in [1.29, 1.82) is 0 Å². The lowest BCUT2D eigenvalue weighted by molar-refractivity contribution is -0.144. The van der Waals surface area contributed by atoms with Crippen molar-refractivity contribution in [2.24, 2.45) is 5.92 Å². The largest absolute Gasteiger partial charge is 0.481 e. The number of rotatable bonds is 3. The van der Waals surface area contributed by atoms with Crippen LogP contribution in [0.5, 0.6) is 0 Å². The van der Waals surface area contributed by atoms with Gasteiger partial charge in [-0.1, -0.05) is 0 Å². The number of carboxylic acid groups (broad SMARTS) is 1. The van der Waals surface area contributed by atoms with Gasteiger partial charge in [0.2, 0.25) is 5.91 Å². The van der Waals surface area contributed by atoms with Gasteiger partial charge in [-0.25, -0.2) is 0 Å². The average molecular weight is 217 g/mol. The molecule has 15 heavy (non-hydrogen) atoms. The zero-order valence-corrected chi connectivity index (χ0v) is 8.64. The highest BCUT2D eigenvalue weighted by Gasteiger charge is 2.26. The highest BCUT2D eigenvalue weighted by Crippen LogP contribution is 2.07. The van der Waals surface area contributed by atoms with Crippen LogP contribution in [0.15, 0.2) is 0 Å². The van der Waals surface area contributed by atoms with Gasteiger partial charge in [-0.05, 0) is 0 Å². The van der Waals surface area contributed by atoms with Gasteiger partial charge >= 0.3 is 5.97 Å². The van der Waals surface area contributed by atoms with Crippen molar-refractivity contribution >= 4 is 11.9 Å². The first-order chi connectivity index (χ1) is 7.15. The molecule has 0 saturated carbocycles. The van der Waals surface area contributed by atoms with E-state index in [9.17, 15) is 9.59 Å². The summed E-state index contributed by atoms with van der Waals surface area (Å²) in [4.78, 5) is 23.7. The van der Waals surface area contributed by atoms with E-state index in [0.29, 0.717) is 13.2 Å². The van der Waals surface area contributed by atoms with Crippen LogP contribution in [0.25, 0.3) is 0 Å². The molecule has 1 unspecified atom stereocenters. The minimum Gasteiger partial charge on any atom is -0.481 e. The molecule has 1 atom stereocenters. The maximum absolute atomic E-state index is 11.5. The predicted octanol–water partition coefficient (Wildman–Crippen LogP) is -0.808. The van der Waals surface area contributed by atoms with Crippen LogP contribution in [-0.4, -0.2) is 61.9 Å². The molecule has 1 aliphatic rings. The van der Waals surface area contributed by atoms with Gasteiger partial charge in [0.1, 0.15) is 6.61 Å². The standard InChI is InChI=1S/C9H15NO5/c1-14-6-8(11)10-2-3-15-5-7(4-10)9(12)13/h7H,2-6H2,1H3,(H,12,13). The number of ether oxygens (including phenoxy) is 2. The molecule has 6 heteroatoms. The molecular weight excluding hydrogens is 202 g/mol. The second-order valence-electron chi connectivity index (χ2n) is 3.38. The zero-order valence-electron chi connectivity index (χ0n) is 8.64. The Kier molecular flexibility index (Phi) is 4.51. The van der Waals surface area contributed by atoms with Crippen LogP contribution < -0.4 is 0 Å². The normalized spacial score (nSPS) is 22.2. The van der Waals surface area contributed by atoms with Crippen LogP contribution in [0.1, 0.15) is 0 Å². The second-order valence-corrected chi connectivity index (χ2v) is 3.38. The van der Waals surface area contributed by atoms with Gasteiger partial charge < -0.3 is 19.5 Å². The third-order valence-corrected chi connectivity index (χ3v) is 2.24. The Balaban J connectivity index is 2.56. The van der Waals surface area contributed by atoms with Crippen LogP contribution in [0, 0.1) is 5.92 Å². The third kappa shape index (κ3) is 3.49. The number of carbonyl (C=O) groups is 2. The molecule has 0 bridgehead atoms. The maximum atomic E-state index is 11.5. The van der Waals surface area contributed by atoms with Gasteiger partial charge in [0.05, 0.1) is 19.1 Å². The summed E-state index contributed by atoms with van der Waals surface area (Å²) < 4.78 is 9.83. The molecule has 1 N–H and O–H groups in total. The lowest BCUT2D eigenvalue weighted by atomic mass is 10.1. The van der Waals surface area contributed by atoms with E-state index < -0.39 is 11.9 Å². The van der Waals surface area contributed by atoms with Crippen molar-refractivity contribution in [2.75, 3.05) is 40.0 Å². The number of hydrogen-bond acceptors (Lipinski definition) is 4. The number of amides is 1. The predicted molar refractivity (Wildman–Crippen MR) is 50.4 cm³/mol. The summed E-state index contributed by atoms with van der Waals surface area (Å²) in [6.45, 7) is 1.13.